The molecule has 2 aromatic heterocycles. The van der Waals surface area contributed by atoms with Gasteiger partial charge in [-0.25, -0.2) is 9.37 Å². The standard InChI is InChI=1S/C20H21N5O2.C4H7F.C2H6.CH3NO/c1-12-9-21-18(25-20(26)13-6-7-13)8-17(12)24-16-5-3-4-15(19(16)27-2)14-10-22-23-11-14;5-4-2-1-3-4;1-2;2-1-3/h3-5,8-11,13H,6-7H2,1-2H3,(H,22,23)(H2,21,24,25,26);4H,1-3H2;1-2H3;1H,(H2,2,3). The van der Waals surface area contributed by atoms with E-state index < -0.39 is 6.17 Å². The van der Waals surface area contributed by atoms with Gasteiger partial charge < -0.3 is 21.1 Å². The molecule has 10 heteroatoms. The average molecular weight is 513 g/mol. The number of aromatic nitrogens is 3. The number of nitrogens with two attached hydrogens (primary N) is 1. The van der Waals surface area contributed by atoms with Gasteiger partial charge in [0, 0.05) is 41.2 Å². The molecule has 0 bridgehead atoms. The number of nitrogens with zero attached hydrogens (tertiary/aromatic N) is 2. The van der Waals surface area contributed by atoms with Crippen LogP contribution in [0.1, 0.15) is 51.5 Å². The number of benzene rings is 1. The first-order valence-electron chi connectivity index (χ1n) is 12.5. The molecule has 37 heavy (non-hydrogen) atoms. The molecule has 0 atom stereocenters. The van der Waals surface area contributed by atoms with Crippen molar-refractivity contribution < 1.29 is 18.7 Å². The fourth-order valence-corrected chi connectivity index (χ4v) is 3.28. The number of amides is 2. The SMILES string of the molecule is CC.COc1c(Nc2cc(NC(=O)C3CC3)ncc2C)cccc1-c1cn[nH]c1.FC1CCC1.NC=O. The maximum Gasteiger partial charge on any atom is 0.228 e. The van der Waals surface area contributed by atoms with E-state index in [1.54, 1.807) is 19.5 Å². The number of anilines is 3. The van der Waals surface area contributed by atoms with Crippen molar-refractivity contribution in [3.05, 3.63) is 48.4 Å². The number of rotatable bonds is 6. The van der Waals surface area contributed by atoms with E-state index in [4.69, 9.17) is 9.53 Å². The monoisotopic (exact) mass is 512 g/mol. The van der Waals surface area contributed by atoms with Crippen LogP contribution in [0.4, 0.5) is 21.6 Å². The number of carbonyl (C=O) groups is 2. The van der Waals surface area contributed by atoms with E-state index in [1.165, 1.54) is 0 Å². The third-order valence-electron chi connectivity index (χ3n) is 5.64. The quantitative estimate of drug-likeness (QED) is 0.321. The normalized spacial score (nSPS) is 13.6. The summed E-state index contributed by atoms with van der Waals surface area (Å²) in [7, 11) is 1.64. The second-order valence-corrected chi connectivity index (χ2v) is 8.31. The number of carbonyl (C=O) groups excluding carboxylic acids is 2. The lowest BCUT2D eigenvalue weighted by atomic mass is 9.98. The van der Waals surface area contributed by atoms with E-state index in [2.05, 4.69) is 31.5 Å². The minimum absolute atomic E-state index is 0.0387. The highest BCUT2D eigenvalue weighted by Crippen LogP contribution is 2.38. The third-order valence-corrected chi connectivity index (χ3v) is 5.64. The van der Waals surface area contributed by atoms with Crippen molar-refractivity contribution in [3.63, 3.8) is 0 Å². The zero-order valence-corrected chi connectivity index (χ0v) is 21.9. The first-order chi connectivity index (χ1) is 18.0. The molecule has 5 rings (SSSR count). The maximum absolute atomic E-state index is 12.0. The molecule has 0 radical (unpaired) electrons. The molecule has 0 unspecified atom stereocenters. The first-order valence-corrected chi connectivity index (χ1v) is 12.5. The van der Waals surface area contributed by atoms with Crippen LogP contribution in [0, 0.1) is 12.8 Å². The third kappa shape index (κ3) is 8.89. The van der Waals surface area contributed by atoms with Crippen molar-refractivity contribution >= 4 is 29.5 Å². The van der Waals surface area contributed by atoms with Gasteiger partial charge in [-0.3, -0.25) is 14.7 Å². The van der Waals surface area contributed by atoms with Crippen LogP contribution in [0.3, 0.4) is 0 Å². The molecule has 9 nitrogen and oxygen atoms in total. The Bertz CT molecular complexity index is 1120. The van der Waals surface area contributed by atoms with Crippen molar-refractivity contribution in [2.24, 2.45) is 11.7 Å². The molecule has 5 N–H and O–H groups in total. The predicted molar refractivity (Wildman–Crippen MR) is 145 cm³/mol. The summed E-state index contributed by atoms with van der Waals surface area (Å²) < 4.78 is 17.2. The Kier molecular flexibility index (Phi) is 12.0. The number of primary amides is 1. The molecule has 0 spiro atoms. The largest absolute Gasteiger partial charge is 0.494 e. The topological polar surface area (TPSA) is 135 Å². The number of hydrogen-bond donors (Lipinski definition) is 4. The molecule has 1 aromatic carbocycles. The molecule has 0 saturated heterocycles. The number of halogens is 1. The Hall–Kier alpha value is -3.95. The molecule has 2 heterocycles. The van der Waals surface area contributed by atoms with Crippen LogP contribution >= 0.6 is 0 Å². The lowest BCUT2D eigenvalue weighted by Crippen LogP contribution is -2.14. The summed E-state index contributed by atoms with van der Waals surface area (Å²) in [4.78, 5) is 24.9. The fourth-order valence-electron chi connectivity index (χ4n) is 3.28. The number of nitrogens with one attached hydrogen (secondary N) is 3. The number of H-pyrrole nitrogens is 1. The summed E-state index contributed by atoms with van der Waals surface area (Å²) in [5.41, 5.74) is 8.70. The highest BCUT2D eigenvalue weighted by molar-refractivity contribution is 5.93. The number of aromatic amines is 1. The van der Waals surface area contributed by atoms with E-state index >= 15 is 0 Å². The van der Waals surface area contributed by atoms with Crippen molar-refractivity contribution in [1.29, 1.82) is 0 Å². The summed E-state index contributed by atoms with van der Waals surface area (Å²) in [5, 5.41) is 13.1. The predicted octanol–water partition coefficient (Wildman–Crippen LogP) is 5.52. The van der Waals surface area contributed by atoms with Crippen LogP contribution in [-0.2, 0) is 9.59 Å². The smallest absolute Gasteiger partial charge is 0.228 e. The van der Waals surface area contributed by atoms with E-state index in [-0.39, 0.29) is 18.2 Å². The maximum atomic E-state index is 12.0. The fraction of sp³-hybridized carbons (Fsp3) is 0.407. The number of alkyl halides is 1. The van der Waals surface area contributed by atoms with Crippen LogP contribution in [0.15, 0.2) is 42.9 Å². The molecular formula is C27H37FN6O3. The molecule has 2 fully saturated rings. The number of pyridine rings is 1. The minimum atomic E-state index is -0.435. The van der Waals surface area contributed by atoms with Crippen LogP contribution in [0.5, 0.6) is 5.75 Å². The number of hydrogen-bond acceptors (Lipinski definition) is 6. The Balaban J connectivity index is 0.000000411. The van der Waals surface area contributed by atoms with E-state index in [0.29, 0.717) is 5.82 Å². The lowest BCUT2D eigenvalue weighted by molar-refractivity contribution is -0.117. The Morgan fingerprint density at radius 3 is 2.38 bits per heavy atom. The van der Waals surface area contributed by atoms with Gasteiger partial charge in [-0.15, -0.1) is 0 Å². The molecule has 2 aliphatic rings. The summed E-state index contributed by atoms with van der Waals surface area (Å²) in [5.74, 6) is 1.44. The number of para-hydroxylation sites is 1. The van der Waals surface area contributed by atoms with Gasteiger partial charge in [-0.2, -0.15) is 5.10 Å². The Morgan fingerprint density at radius 2 is 1.86 bits per heavy atom. The molecule has 2 saturated carbocycles. The van der Waals surface area contributed by atoms with E-state index in [9.17, 15) is 9.18 Å². The highest BCUT2D eigenvalue weighted by Gasteiger charge is 2.29. The minimum Gasteiger partial charge on any atom is -0.494 e. The van der Waals surface area contributed by atoms with Crippen molar-refractivity contribution in [1.82, 2.24) is 15.2 Å². The van der Waals surface area contributed by atoms with Crippen LogP contribution in [0.2, 0.25) is 0 Å². The Labute approximate surface area is 217 Å². The summed E-state index contributed by atoms with van der Waals surface area (Å²) in [6, 6.07) is 7.74. The summed E-state index contributed by atoms with van der Waals surface area (Å²) in [6.45, 7) is 5.97. The molecule has 2 aliphatic carbocycles. The van der Waals surface area contributed by atoms with Gasteiger partial charge in [0.25, 0.3) is 0 Å². The first kappa shape index (κ1) is 29.3. The number of aryl methyl sites for hydroxylation is 1. The zero-order chi connectivity index (χ0) is 27.2. The second-order valence-electron chi connectivity index (χ2n) is 8.31. The highest BCUT2D eigenvalue weighted by atomic mass is 19.1. The van der Waals surface area contributed by atoms with Gasteiger partial charge in [-0.05, 0) is 50.7 Å². The van der Waals surface area contributed by atoms with Crippen LogP contribution in [-0.4, -0.2) is 40.8 Å². The van der Waals surface area contributed by atoms with Gasteiger partial charge in [0.15, 0.2) is 0 Å². The summed E-state index contributed by atoms with van der Waals surface area (Å²) in [6.07, 6.45) is 9.81. The van der Waals surface area contributed by atoms with Crippen LogP contribution in [0.25, 0.3) is 11.1 Å². The van der Waals surface area contributed by atoms with Gasteiger partial charge in [0.2, 0.25) is 12.3 Å². The number of methoxy groups -OCH3 is 1. The van der Waals surface area contributed by atoms with E-state index in [0.717, 1.165) is 65.9 Å². The molecule has 2 amide bonds. The van der Waals surface area contributed by atoms with E-state index in [1.807, 2.05) is 51.2 Å². The number of ether oxygens (including phenoxy) is 1. The molecule has 3 aromatic rings. The molecule has 200 valence electrons. The van der Waals surface area contributed by atoms with Gasteiger partial charge >= 0.3 is 0 Å². The van der Waals surface area contributed by atoms with Crippen molar-refractivity contribution in [2.75, 3.05) is 17.7 Å². The lowest BCUT2D eigenvalue weighted by Gasteiger charge is -2.16. The van der Waals surface area contributed by atoms with Crippen LogP contribution < -0.4 is 21.1 Å². The molecular weight excluding hydrogens is 475 g/mol. The van der Waals surface area contributed by atoms with Crippen molar-refractivity contribution in [2.45, 2.75) is 59.0 Å². The Morgan fingerprint density at radius 1 is 1.19 bits per heavy atom. The van der Waals surface area contributed by atoms with Gasteiger partial charge in [-0.1, -0.05) is 26.0 Å². The second kappa shape index (κ2) is 15.2. The van der Waals surface area contributed by atoms with Gasteiger partial charge in [0.1, 0.15) is 17.7 Å². The zero-order valence-electron chi connectivity index (χ0n) is 21.9. The summed E-state index contributed by atoms with van der Waals surface area (Å²) >= 11 is 0. The van der Waals surface area contributed by atoms with Gasteiger partial charge in [0.05, 0.1) is 19.0 Å². The molecule has 0 aliphatic heterocycles. The van der Waals surface area contributed by atoms with Crippen molar-refractivity contribution in [3.8, 4) is 16.9 Å². The average Bonchev–Trinajstić information content (AvgIpc) is 3.61.